The minimum atomic E-state index is -1.25. The Morgan fingerprint density at radius 1 is 1.20 bits per heavy atom. The number of carbonyl (C=O) groups excluding carboxylic acids is 1. The van der Waals surface area contributed by atoms with Gasteiger partial charge in [-0.15, -0.1) is 0 Å². The molecule has 6 nitrogen and oxygen atoms in total. The van der Waals surface area contributed by atoms with E-state index in [9.17, 15) is 14.7 Å². The number of amides is 1. The fourth-order valence-electron chi connectivity index (χ4n) is 4.22. The monoisotopic (exact) mass is 339 g/mol. The highest BCUT2D eigenvalue weighted by Crippen LogP contribution is 2.64. The second kappa shape index (κ2) is 5.72. The van der Waals surface area contributed by atoms with Crippen molar-refractivity contribution >= 4 is 11.9 Å². The van der Waals surface area contributed by atoms with Crippen LogP contribution in [0.4, 0.5) is 0 Å². The van der Waals surface area contributed by atoms with E-state index in [1.165, 1.54) is 0 Å². The van der Waals surface area contributed by atoms with E-state index >= 15 is 0 Å². The molecule has 1 aromatic carbocycles. The minimum Gasteiger partial charge on any atom is -0.480 e. The number of hydrogen-bond donors (Lipinski definition) is 3. The Hall–Kier alpha value is -2.63. The molecule has 0 radical (unpaired) electrons. The van der Waals surface area contributed by atoms with Gasteiger partial charge in [-0.2, -0.15) is 5.10 Å². The lowest BCUT2D eigenvalue weighted by molar-refractivity contribution is -0.181. The van der Waals surface area contributed by atoms with Crippen molar-refractivity contribution in [3.63, 3.8) is 0 Å². The Kier molecular flexibility index (Phi) is 3.63. The van der Waals surface area contributed by atoms with Crippen molar-refractivity contribution in [2.45, 2.75) is 38.6 Å². The molecule has 3 N–H and O–H groups in total. The first kappa shape index (κ1) is 15.9. The topological polar surface area (TPSA) is 95.1 Å². The number of carboxylic acid groups (broad SMARTS) is 1. The highest BCUT2D eigenvalue weighted by Gasteiger charge is 2.64. The largest absolute Gasteiger partial charge is 0.480 e. The number of carbonyl (C=O) groups is 2. The summed E-state index contributed by atoms with van der Waals surface area (Å²) in [7, 11) is 0. The first-order valence-corrected chi connectivity index (χ1v) is 8.65. The van der Waals surface area contributed by atoms with Gasteiger partial charge in [0, 0.05) is 5.56 Å². The molecule has 130 valence electrons. The van der Waals surface area contributed by atoms with E-state index in [1.54, 1.807) is 0 Å². The number of aliphatic carboxylic acids is 1. The fourth-order valence-corrected chi connectivity index (χ4v) is 4.22. The highest BCUT2D eigenvalue weighted by atomic mass is 16.4. The minimum absolute atomic E-state index is 0.115. The molecule has 2 saturated carbocycles. The maximum atomic E-state index is 12.5. The summed E-state index contributed by atoms with van der Waals surface area (Å²) in [5.74, 6) is -1.38. The van der Waals surface area contributed by atoms with Crippen LogP contribution in [0.1, 0.15) is 37.8 Å². The predicted octanol–water partition coefficient (Wildman–Crippen LogP) is 2.73. The summed E-state index contributed by atoms with van der Waals surface area (Å²) in [5.41, 5.74) is 1.41. The van der Waals surface area contributed by atoms with Crippen LogP contribution in [0.25, 0.3) is 11.3 Å². The molecular weight excluding hydrogens is 318 g/mol. The third-order valence-corrected chi connectivity index (χ3v) is 5.75. The van der Waals surface area contributed by atoms with E-state index in [-0.39, 0.29) is 17.9 Å². The van der Waals surface area contributed by atoms with Gasteiger partial charge >= 0.3 is 5.97 Å². The Bertz CT molecular complexity index is 800. The molecule has 1 heterocycles. The van der Waals surface area contributed by atoms with Crippen molar-refractivity contribution in [1.82, 2.24) is 15.5 Å². The van der Waals surface area contributed by atoms with Gasteiger partial charge in [-0.25, -0.2) is 0 Å². The van der Waals surface area contributed by atoms with Gasteiger partial charge in [0.05, 0.1) is 17.9 Å². The van der Waals surface area contributed by atoms with Gasteiger partial charge < -0.3 is 10.4 Å². The third-order valence-electron chi connectivity index (χ3n) is 5.75. The van der Waals surface area contributed by atoms with E-state index < -0.39 is 11.4 Å². The Balaban J connectivity index is 1.40. The molecule has 2 aliphatic rings. The van der Waals surface area contributed by atoms with E-state index in [1.807, 2.05) is 36.4 Å². The van der Waals surface area contributed by atoms with Crippen molar-refractivity contribution in [1.29, 1.82) is 0 Å². The summed E-state index contributed by atoms with van der Waals surface area (Å²) < 4.78 is 0. The molecule has 0 saturated heterocycles. The second-order valence-corrected chi connectivity index (χ2v) is 7.42. The average molecular weight is 339 g/mol. The zero-order valence-electron chi connectivity index (χ0n) is 13.9. The van der Waals surface area contributed by atoms with Gasteiger partial charge in [0.15, 0.2) is 0 Å². The van der Waals surface area contributed by atoms with E-state index in [0.717, 1.165) is 36.2 Å². The number of H-pyrrole nitrogens is 1. The molecule has 1 spiro atoms. The molecular formula is C19H21N3O3. The SMILES string of the molecule is O=C(O)C1(C(=O)NCc2cc(-c3ccccc3)n[nH]2)CC2(CCC2)C1. The molecule has 1 aromatic heterocycles. The van der Waals surface area contributed by atoms with Crippen molar-refractivity contribution in [3.8, 4) is 11.3 Å². The molecule has 1 amide bonds. The normalized spacial score (nSPS) is 19.7. The van der Waals surface area contributed by atoms with Crippen LogP contribution in [0.3, 0.4) is 0 Å². The fraction of sp³-hybridized carbons (Fsp3) is 0.421. The van der Waals surface area contributed by atoms with Gasteiger partial charge in [0.2, 0.25) is 5.91 Å². The van der Waals surface area contributed by atoms with Gasteiger partial charge in [-0.3, -0.25) is 14.7 Å². The first-order chi connectivity index (χ1) is 12.0. The molecule has 25 heavy (non-hydrogen) atoms. The molecule has 0 bridgehead atoms. The third kappa shape index (κ3) is 2.62. The number of nitrogens with zero attached hydrogens (tertiary/aromatic N) is 1. The molecule has 6 heteroatoms. The zero-order valence-corrected chi connectivity index (χ0v) is 13.9. The van der Waals surface area contributed by atoms with Gasteiger partial charge in [0.1, 0.15) is 5.41 Å². The molecule has 2 aromatic rings. The lowest BCUT2D eigenvalue weighted by Crippen LogP contribution is -2.61. The number of aromatic nitrogens is 2. The van der Waals surface area contributed by atoms with E-state index in [2.05, 4.69) is 15.5 Å². The molecule has 0 unspecified atom stereocenters. The van der Waals surface area contributed by atoms with Crippen LogP contribution >= 0.6 is 0 Å². The molecule has 2 aliphatic carbocycles. The smallest absolute Gasteiger partial charge is 0.319 e. The van der Waals surface area contributed by atoms with Gasteiger partial charge in [-0.05, 0) is 37.2 Å². The lowest BCUT2D eigenvalue weighted by atomic mass is 9.45. The van der Waals surface area contributed by atoms with Gasteiger partial charge in [0.25, 0.3) is 0 Å². The maximum absolute atomic E-state index is 12.5. The second-order valence-electron chi connectivity index (χ2n) is 7.42. The molecule has 0 aliphatic heterocycles. The molecule has 0 atom stereocenters. The highest BCUT2D eigenvalue weighted by molar-refractivity contribution is 6.03. The van der Waals surface area contributed by atoms with Crippen LogP contribution in [0.2, 0.25) is 0 Å². The van der Waals surface area contributed by atoms with Crippen LogP contribution in [0, 0.1) is 10.8 Å². The van der Waals surface area contributed by atoms with Crippen LogP contribution in [-0.4, -0.2) is 27.2 Å². The summed E-state index contributed by atoms with van der Waals surface area (Å²) in [4.78, 5) is 24.2. The number of carboxylic acids is 1. The van der Waals surface area contributed by atoms with Crippen molar-refractivity contribution in [3.05, 3.63) is 42.1 Å². The Morgan fingerprint density at radius 3 is 2.52 bits per heavy atom. The van der Waals surface area contributed by atoms with Crippen molar-refractivity contribution in [2.24, 2.45) is 10.8 Å². The van der Waals surface area contributed by atoms with Crippen LogP contribution in [0.5, 0.6) is 0 Å². The Labute approximate surface area is 145 Å². The maximum Gasteiger partial charge on any atom is 0.319 e. The lowest BCUT2D eigenvalue weighted by Gasteiger charge is -2.58. The van der Waals surface area contributed by atoms with Crippen molar-refractivity contribution < 1.29 is 14.7 Å². The number of rotatable bonds is 5. The van der Waals surface area contributed by atoms with E-state index in [0.29, 0.717) is 12.8 Å². The first-order valence-electron chi connectivity index (χ1n) is 8.65. The summed E-state index contributed by atoms with van der Waals surface area (Å²) in [6.07, 6.45) is 4.19. The number of aromatic amines is 1. The number of benzene rings is 1. The Morgan fingerprint density at radius 2 is 1.92 bits per heavy atom. The number of hydrogen-bond acceptors (Lipinski definition) is 3. The molecule has 2 fully saturated rings. The zero-order chi connectivity index (χ0) is 17.5. The van der Waals surface area contributed by atoms with Crippen LogP contribution < -0.4 is 5.32 Å². The summed E-state index contributed by atoms with van der Waals surface area (Å²) in [5, 5.41) is 19.5. The summed E-state index contributed by atoms with van der Waals surface area (Å²) >= 11 is 0. The van der Waals surface area contributed by atoms with E-state index in [4.69, 9.17) is 0 Å². The molecule has 4 rings (SSSR count). The standard InChI is InChI=1S/C19H21N3O3/c23-16(19(17(24)25)11-18(12-19)7-4-8-18)20-10-14-9-15(22-21-14)13-5-2-1-3-6-13/h1-3,5-6,9H,4,7-8,10-12H2,(H,20,23)(H,21,22)(H,24,25). The van der Waals surface area contributed by atoms with Crippen molar-refractivity contribution in [2.75, 3.05) is 0 Å². The average Bonchev–Trinajstić information content (AvgIpc) is 3.00. The number of nitrogens with one attached hydrogen (secondary N) is 2. The quantitative estimate of drug-likeness (QED) is 0.730. The van der Waals surface area contributed by atoms with Gasteiger partial charge in [-0.1, -0.05) is 36.8 Å². The predicted molar refractivity (Wildman–Crippen MR) is 91.5 cm³/mol. The van der Waals surface area contributed by atoms with Crippen LogP contribution in [0.15, 0.2) is 36.4 Å². The summed E-state index contributed by atoms with van der Waals surface area (Å²) in [6.45, 7) is 0.251. The van der Waals surface area contributed by atoms with Crippen LogP contribution in [-0.2, 0) is 16.1 Å². The summed E-state index contributed by atoms with van der Waals surface area (Å²) in [6, 6.07) is 11.6.